The minimum atomic E-state index is -0.497. The molecule has 0 spiro atoms. The van der Waals surface area contributed by atoms with Crippen LogP contribution in [0.25, 0.3) is 10.9 Å². The number of carbonyl (C=O) groups is 1. The van der Waals surface area contributed by atoms with E-state index in [2.05, 4.69) is 74.8 Å². The van der Waals surface area contributed by atoms with E-state index >= 15 is 0 Å². The van der Waals surface area contributed by atoms with Crippen molar-refractivity contribution in [2.45, 2.75) is 64.8 Å². The van der Waals surface area contributed by atoms with E-state index in [0.29, 0.717) is 24.2 Å². The van der Waals surface area contributed by atoms with Crippen molar-refractivity contribution < 1.29 is 9.53 Å². The van der Waals surface area contributed by atoms with Crippen molar-refractivity contribution in [1.29, 1.82) is 5.26 Å². The molecule has 0 saturated carbocycles. The lowest BCUT2D eigenvalue weighted by atomic mass is 10.0. The predicted octanol–water partition coefficient (Wildman–Crippen LogP) is 4.38. The van der Waals surface area contributed by atoms with Crippen LogP contribution in [-0.4, -0.2) is 113 Å². The average Bonchev–Trinajstić information content (AvgIpc) is 3.02. The molecule has 45 heavy (non-hydrogen) atoms. The fraction of sp³-hybridized carbons (Fsp3) is 0.543. The molecule has 0 bridgehead atoms. The summed E-state index contributed by atoms with van der Waals surface area (Å²) in [6, 6.07) is 17.6. The molecule has 238 valence electrons. The Morgan fingerprint density at radius 1 is 0.956 bits per heavy atom. The maximum absolute atomic E-state index is 12.7. The van der Waals surface area contributed by atoms with Crippen molar-refractivity contribution >= 4 is 28.5 Å². The van der Waals surface area contributed by atoms with Crippen LogP contribution in [0.5, 0.6) is 0 Å². The van der Waals surface area contributed by atoms with Crippen LogP contribution in [0.2, 0.25) is 0 Å². The number of benzene rings is 1. The summed E-state index contributed by atoms with van der Waals surface area (Å²) in [5.74, 6) is 0.980. The van der Waals surface area contributed by atoms with Crippen LogP contribution in [0.3, 0.4) is 0 Å². The first kappa shape index (κ1) is 31.1. The van der Waals surface area contributed by atoms with Crippen LogP contribution < -0.4 is 9.80 Å². The van der Waals surface area contributed by atoms with Crippen LogP contribution in [-0.2, 0) is 11.2 Å². The second-order valence-corrected chi connectivity index (χ2v) is 13.8. The van der Waals surface area contributed by atoms with Gasteiger partial charge in [-0.05, 0) is 71.0 Å². The van der Waals surface area contributed by atoms with Crippen LogP contribution in [0.15, 0.2) is 48.7 Å². The topological polar surface area (TPSA) is 92.1 Å². The minimum absolute atomic E-state index is 0.0475. The lowest BCUT2D eigenvalue weighted by molar-refractivity contribution is 0.0158. The largest absolute Gasteiger partial charge is 0.444 e. The Morgan fingerprint density at radius 3 is 2.56 bits per heavy atom. The van der Waals surface area contributed by atoms with Gasteiger partial charge >= 0.3 is 6.09 Å². The van der Waals surface area contributed by atoms with Crippen LogP contribution >= 0.6 is 0 Å². The first-order chi connectivity index (χ1) is 21.6. The highest BCUT2D eigenvalue weighted by Crippen LogP contribution is 2.32. The van der Waals surface area contributed by atoms with Crippen molar-refractivity contribution in [2.75, 3.05) is 68.7 Å². The van der Waals surface area contributed by atoms with E-state index in [1.54, 1.807) is 6.20 Å². The standard InChI is InChI=1S/C35H46N8O2/c1-25-22-41(31-12-11-27(20-36)33-30(31)9-7-14-37-33)24-29-23-39(16-18-42(25)29)15-13-28-8-6-10-32(38-28)40-17-19-43(26(2)21-40)34(44)45-35(3,4)5/h6-12,14,25-26,29H,13,15-19,21-24H2,1-5H3/t25?,26-,29?/m0/s1. The second-order valence-electron chi connectivity index (χ2n) is 13.8. The summed E-state index contributed by atoms with van der Waals surface area (Å²) >= 11 is 0. The molecule has 3 fully saturated rings. The number of amides is 1. The first-order valence-corrected chi connectivity index (χ1v) is 16.3. The zero-order valence-electron chi connectivity index (χ0n) is 27.3. The van der Waals surface area contributed by atoms with Gasteiger partial charge in [-0.3, -0.25) is 9.88 Å². The van der Waals surface area contributed by atoms with E-state index in [4.69, 9.17) is 9.72 Å². The van der Waals surface area contributed by atoms with E-state index < -0.39 is 5.60 Å². The van der Waals surface area contributed by atoms with Crippen molar-refractivity contribution in [2.24, 2.45) is 0 Å². The Labute approximate surface area is 267 Å². The van der Waals surface area contributed by atoms with Crippen molar-refractivity contribution in [3.8, 4) is 6.07 Å². The highest BCUT2D eigenvalue weighted by Gasteiger charge is 2.37. The summed E-state index contributed by atoms with van der Waals surface area (Å²) in [5, 5.41) is 10.7. The molecule has 0 radical (unpaired) electrons. The number of fused-ring (bicyclic) bond motifs is 2. The lowest BCUT2D eigenvalue weighted by Crippen LogP contribution is -2.65. The van der Waals surface area contributed by atoms with E-state index in [1.807, 2.05) is 37.8 Å². The number of hydrogen-bond donors (Lipinski definition) is 0. The minimum Gasteiger partial charge on any atom is -0.444 e. The second kappa shape index (κ2) is 12.8. The van der Waals surface area contributed by atoms with Gasteiger partial charge in [0.1, 0.15) is 17.5 Å². The number of aromatic nitrogens is 2. The molecule has 3 aromatic rings. The van der Waals surface area contributed by atoms with E-state index in [9.17, 15) is 10.1 Å². The highest BCUT2D eigenvalue weighted by atomic mass is 16.6. The van der Waals surface area contributed by atoms with Crippen LogP contribution in [0, 0.1) is 11.3 Å². The van der Waals surface area contributed by atoms with E-state index in [1.165, 1.54) is 5.69 Å². The predicted molar refractivity (Wildman–Crippen MR) is 178 cm³/mol. The van der Waals surface area contributed by atoms with Gasteiger partial charge in [-0.1, -0.05) is 6.07 Å². The number of nitriles is 1. The van der Waals surface area contributed by atoms with Gasteiger partial charge in [0.25, 0.3) is 0 Å². The maximum Gasteiger partial charge on any atom is 0.410 e. The molecular weight excluding hydrogens is 564 g/mol. The van der Waals surface area contributed by atoms with Gasteiger partial charge in [0.15, 0.2) is 0 Å². The van der Waals surface area contributed by atoms with Crippen molar-refractivity contribution in [1.82, 2.24) is 24.7 Å². The van der Waals surface area contributed by atoms with Gasteiger partial charge in [0.2, 0.25) is 0 Å². The number of carbonyl (C=O) groups excluding carboxylic acids is 1. The molecule has 0 N–H and O–H groups in total. The fourth-order valence-corrected chi connectivity index (χ4v) is 7.17. The van der Waals surface area contributed by atoms with Gasteiger partial charge in [-0.2, -0.15) is 5.26 Å². The lowest BCUT2D eigenvalue weighted by Gasteiger charge is -2.51. The van der Waals surface area contributed by atoms with Crippen LogP contribution in [0.4, 0.5) is 16.3 Å². The number of piperazine rings is 3. The van der Waals surface area contributed by atoms with Crippen molar-refractivity contribution in [3.63, 3.8) is 0 Å². The molecular formula is C35H46N8O2. The van der Waals surface area contributed by atoms with E-state index in [-0.39, 0.29) is 12.1 Å². The SMILES string of the molecule is CC1CN(c2ccc(C#N)c3ncccc23)CC2CN(CCc3cccc(N4CCN(C(=O)OC(C)(C)C)[C@@H](C)C4)n3)CCN12. The van der Waals surface area contributed by atoms with Gasteiger partial charge < -0.3 is 24.3 Å². The normalized spacial score (nSPS) is 23.1. The zero-order valence-corrected chi connectivity index (χ0v) is 27.3. The molecule has 6 rings (SSSR count). The fourth-order valence-electron chi connectivity index (χ4n) is 7.17. The molecule has 3 atom stereocenters. The summed E-state index contributed by atoms with van der Waals surface area (Å²) in [6.07, 6.45) is 2.43. The number of anilines is 2. The molecule has 0 aliphatic carbocycles. The summed E-state index contributed by atoms with van der Waals surface area (Å²) in [6.45, 7) is 18.3. The van der Waals surface area contributed by atoms with Gasteiger partial charge in [0.05, 0.1) is 11.1 Å². The number of rotatable bonds is 5. The van der Waals surface area contributed by atoms with Crippen molar-refractivity contribution in [3.05, 3.63) is 59.9 Å². The Bertz CT molecular complexity index is 1570. The maximum atomic E-state index is 12.7. The summed E-state index contributed by atoms with van der Waals surface area (Å²) in [4.78, 5) is 34.1. The molecule has 3 saturated heterocycles. The Kier molecular flexibility index (Phi) is 8.85. The third kappa shape index (κ3) is 6.85. The number of nitrogens with zero attached hydrogens (tertiary/aromatic N) is 8. The Hall–Kier alpha value is -3.94. The number of pyridine rings is 2. The van der Waals surface area contributed by atoms with E-state index in [0.717, 1.165) is 81.2 Å². The molecule has 2 unspecified atom stereocenters. The molecule has 1 amide bonds. The molecule has 3 aliphatic rings. The Balaban J connectivity index is 1.07. The molecule has 10 heteroatoms. The molecule has 10 nitrogen and oxygen atoms in total. The highest BCUT2D eigenvalue weighted by molar-refractivity contribution is 5.95. The molecule has 2 aromatic heterocycles. The average molecular weight is 611 g/mol. The third-order valence-electron chi connectivity index (χ3n) is 9.36. The number of hydrogen-bond acceptors (Lipinski definition) is 9. The number of ether oxygens (including phenoxy) is 1. The third-order valence-corrected chi connectivity index (χ3v) is 9.36. The summed E-state index contributed by atoms with van der Waals surface area (Å²) in [7, 11) is 0. The monoisotopic (exact) mass is 610 g/mol. The van der Waals surface area contributed by atoms with Gasteiger partial charge in [0, 0.05) is 106 Å². The van der Waals surface area contributed by atoms with Crippen LogP contribution in [0.1, 0.15) is 45.9 Å². The first-order valence-electron chi connectivity index (χ1n) is 16.3. The summed E-state index contributed by atoms with van der Waals surface area (Å²) < 4.78 is 5.62. The molecule has 3 aliphatic heterocycles. The smallest absolute Gasteiger partial charge is 0.410 e. The molecule has 1 aromatic carbocycles. The van der Waals surface area contributed by atoms with Gasteiger partial charge in [-0.25, -0.2) is 9.78 Å². The zero-order chi connectivity index (χ0) is 31.7. The summed E-state index contributed by atoms with van der Waals surface area (Å²) in [5.41, 5.74) is 3.19. The Morgan fingerprint density at radius 2 is 1.78 bits per heavy atom. The van der Waals surface area contributed by atoms with Gasteiger partial charge in [-0.15, -0.1) is 0 Å². The quantitative estimate of drug-likeness (QED) is 0.417. The molecule has 5 heterocycles.